The van der Waals surface area contributed by atoms with Gasteiger partial charge in [0.15, 0.2) is 0 Å². The van der Waals surface area contributed by atoms with Gasteiger partial charge in [0, 0.05) is 25.3 Å². The lowest BCUT2D eigenvalue weighted by Crippen LogP contribution is -2.29. The van der Waals surface area contributed by atoms with Crippen molar-refractivity contribution in [3.8, 4) is 0 Å². The van der Waals surface area contributed by atoms with E-state index in [4.69, 9.17) is 4.74 Å². The van der Waals surface area contributed by atoms with E-state index in [2.05, 4.69) is 40.6 Å². The monoisotopic (exact) mass is 350 g/mol. The van der Waals surface area contributed by atoms with E-state index in [1.165, 1.54) is 30.5 Å². The number of nitrogens with zero attached hydrogens (tertiary/aromatic N) is 1. The smallest absolute Gasteiger partial charge is 0.407 e. The van der Waals surface area contributed by atoms with Crippen LogP contribution in [0.1, 0.15) is 30.4 Å². The number of carbonyl (C=O) groups excluding carboxylic acids is 1. The van der Waals surface area contributed by atoms with Crippen molar-refractivity contribution in [2.45, 2.75) is 25.9 Å². The summed E-state index contributed by atoms with van der Waals surface area (Å²) in [4.78, 5) is 14.2. The minimum absolute atomic E-state index is 0.286. The number of para-hydroxylation sites is 1. The van der Waals surface area contributed by atoms with Crippen molar-refractivity contribution in [3.63, 3.8) is 0 Å². The van der Waals surface area contributed by atoms with Gasteiger partial charge in [0.05, 0.1) is 0 Å². The summed E-state index contributed by atoms with van der Waals surface area (Å²) >= 11 is 0. The molecule has 1 amide bonds. The molecule has 26 heavy (non-hydrogen) atoms. The average molecular weight is 350 g/mol. The number of benzene rings is 2. The summed E-state index contributed by atoms with van der Waals surface area (Å²) in [5.74, 6) is 0. The van der Waals surface area contributed by atoms with E-state index in [-0.39, 0.29) is 6.61 Å². The Hall–Kier alpha value is -2.75. The first-order chi connectivity index (χ1) is 12.8. The number of amides is 1. The number of hydrogen-bond donors (Lipinski definition) is 1. The highest BCUT2D eigenvalue weighted by Gasteiger charge is 2.12. The van der Waals surface area contributed by atoms with Crippen LogP contribution in [-0.4, -0.2) is 25.7 Å². The second-order valence-corrected chi connectivity index (χ2v) is 6.45. The maximum Gasteiger partial charge on any atom is 0.407 e. The number of carbonyl (C=O) groups is 1. The fourth-order valence-electron chi connectivity index (χ4n) is 3.15. The summed E-state index contributed by atoms with van der Waals surface area (Å²) in [6, 6.07) is 18.1. The Morgan fingerprint density at radius 2 is 1.73 bits per heavy atom. The summed E-state index contributed by atoms with van der Waals surface area (Å²) in [6.45, 7) is 2.97. The summed E-state index contributed by atoms with van der Waals surface area (Å²) in [5.41, 5.74) is 3.44. The van der Waals surface area contributed by atoms with Crippen LogP contribution in [-0.2, 0) is 11.3 Å². The number of ether oxygens (including phenoxy) is 1. The Labute approximate surface area is 155 Å². The third kappa shape index (κ3) is 5.38. The molecule has 3 rings (SSSR count). The summed E-state index contributed by atoms with van der Waals surface area (Å²) in [6.07, 6.45) is 7.47. The van der Waals surface area contributed by atoms with Gasteiger partial charge in [0.25, 0.3) is 0 Å². The van der Waals surface area contributed by atoms with E-state index in [9.17, 15) is 4.79 Å². The molecule has 2 aromatic carbocycles. The zero-order chi connectivity index (χ0) is 18.0. The number of anilines is 1. The van der Waals surface area contributed by atoms with Crippen molar-refractivity contribution < 1.29 is 9.53 Å². The van der Waals surface area contributed by atoms with E-state index in [0.717, 1.165) is 18.7 Å². The molecule has 0 aliphatic carbocycles. The molecule has 1 heterocycles. The molecular formula is C22H26N2O2. The van der Waals surface area contributed by atoms with Crippen LogP contribution in [0.2, 0.25) is 0 Å². The number of nitrogens with one attached hydrogen (secondary N) is 1. The Balaban J connectivity index is 1.47. The van der Waals surface area contributed by atoms with Gasteiger partial charge in [-0.15, -0.1) is 0 Å². The molecule has 0 aromatic heterocycles. The fourth-order valence-corrected chi connectivity index (χ4v) is 3.15. The predicted octanol–water partition coefficient (Wildman–Crippen LogP) is 4.62. The zero-order valence-corrected chi connectivity index (χ0v) is 15.1. The first-order valence-electron chi connectivity index (χ1n) is 9.28. The molecular weight excluding hydrogens is 324 g/mol. The molecule has 1 aliphatic rings. The minimum atomic E-state index is -0.400. The van der Waals surface area contributed by atoms with Crippen LogP contribution in [0.4, 0.5) is 10.5 Å². The zero-order valence-electron chi connectivity index (χ0n) is 15.1. The van der Waals surface area contributed by atoms with E-state index < -0.39 is 6.09 Å². The van der Waals surface area contributed by atoms with Crippen LogP contribution in [0.5, 0.6) is 0 Å². The Morgan fingerprint density at radius 3 is 2.54 bits per heavy atom. The van der Waals surface area contributed by atoms with Crippen molar-refractivity contribution in [1.82, 2.24) is 5.32 Å². The van der Waals surface area contributed by atoms with Crippen LogP contribution in [0.3, 0.4) is 0 Å². The van der Waals surface area contributed by atoms with Crippen molar-refractivity contribution in [3.05, 3.63) is 71.8 Å². The van der Waals surface area contributed by atoms with Gasteiger partial charge in [-0.2, -0.15) is 0 Å². The highest BCUT2D eigenvalue weighted by Crippen LogP contribution is 2.24. The van der Waals surface area contributed by atoms with Gasteiger partial charge in [-0.3, -0.25) is 0 Å². The first kappa shape index (κ1) is 18.1. The summed E-state index contributed by atoms with van der Waals surface area (Å²) in [7, 11) is 0. The average Bonchev–Trinajstić information content (AvgIpc) is 2.71. The maximum absolute atomic E-state index is 11.8. The molecule has 1 aliphatic heterocycles. The molecule has 1 N–H and O–H groups in total. The van der Waals surface area contributed by atoms with Crippen LogP contribution >= 0.6 is 0 Å². The fraction of sp³-hybridized carbons (Fsp3) is 0.318. The van der Waals surface area contributed by atoms with Gasteiger partial charge >= 0.3 is 6.09 Å². The van der Waals surface area contributed by atoms with E-state index in [0.29, 0.717) is 6.54 Å². The van der Waals surface area contributed by atoms with Gasteiger partial charge in [-0.05, 0) is 36.5 Å². The number of hydrogen-bond acceptors (Lipinski definition) is 3. The quantitative estimate of drug-likeness (QED) is 0.827. The minimum Gasteiger partial charge on any atom is -0.445 e. The molecule has 1 saturated heterocycles. The van der Waals surface area contributed by atoms with Crippen LogP contribution < -0.4 is 10.2 Å². The highest BCUT2D eigenvalue weighted by atomic mass is 16.5. The summed E-state index contributed by atoms with van der Waals surface area (Å²) < 4.78 is 5.21. The molecule has 0 bridgehead atoms. The molecule has 4 nitrogen and oxygen atoms in total. The van der Waals surface area contributed by atoms with Crippen molar-refractivity contribution in [2.24, 2.45) is 0 Å². The number of alkyl carbamates (subject to hydrolysis) is 1. The first-order valence-corrected chi connectivity index (χ1v) is 9.28. The van der Waals surface area contributed by atoms with Gasteiger partial charge in [0.1, 0.15) is 6.61 Å². The van der Waals surface area contributed by atoms with Gasteiger partial charge in [0.2, 0.25) is 0 Å². The summed E-state index contributed by atoms with van der Waals surface area (Å²) in [5, 5.41) is 2.76. The molecule has 0 unspecified atom stereocenters. The van der Waals surface area contributed by atoms with Crippen LogP contribution in [0.15, 0.2) is 60.7 Å². The van der Waals surface area contributed by atoms with E-state index >= 15 is 0 Å². The third-order valence-electron chi connectivity index (χ3n) is 4.51. The number of piperidine rings is 1. The van der Waals surface area contributed by atoms with Crippen molar-refractivity contribution in [1.29, 1.82) is 0 Å². The topological polar surface area (TPSA) is 41.6 Å². The lowest BCUT2D eigenvalue weighted by molar-refractivity contribution is 0.141. The Morgan fingerprint density at radius 1 is 1.00 bits per heavy atom. The predicted molar refractivity (Wildman–Crippen MR) is 106 cm³/mol. The standard InChI is InChI=1S/C22H26N2O2/c25-22(26-18-19-10-3-1-4-11-19)23-15-9-13-20-12-5-6-14-21(20)24-16-7-2-8-17-24/h1,3-6,9-14H,2,7-8,15-18H2,(H,23,25). The molecule has 0 saturated carbocycles. The molecule has 0 spiro atoms. The van der Waals surface area contributed by atoms with Gasteiger partial charge in [-0.1, -0.05) is 60.7 Å². The highest BCUT2D eigenvalue weighted by molar-refractivity contribution is 5.69. The van der Waals surface area contributed by atoms with Gasteiger partial charge < -0.3 is 15.0 Å². The van der Waals surface area contributed by atoms with E-state index in [1.807, 2.05) is 36.4 Å². The second-order valence-electron chi connectivity index (χ2n) is 6.45. The third-order valence-corrected chi connectivity index (χ3v) is 4.51. The molecule has 4 heteroatoms. The number of rotatable bonds is 6. The second kappa shape index (κ2) is 9.66. The Kier molecular flexibility index (Phi) is 6.71. The maximum atomic E-state index is 11.8. The van der Waals surface area contributed by atoms with Crippen LogP contribution in [0, 0.1) is 0 Å². The molecule has 0 atom stereocenters. The molecule has 136 valence electrons. The normalized spacial score (nSPS) is 14.4. The lowest BCUT2D eigenvalue weighted by atomic mass is 10.1. The molecule has 2 aromatic rings. The Bertz CT molecular complexity index is 722. The van der Waals surface area contributed by atoms with Gasteiger partial charge in [-0.25, -0.2) is 4.79 Å². The van der Waals surface area contributed by atoms with Crippen molar-refractivity contribution in [2.75, 3.05) is 24.5 Å². The largest absolute Gasteiger partial charge is 0.445 e. The molecule has 0 radical (unpaired) electrons. The lowest BCUT2D eigenvalue weighted by Gasteiger charge is -2.30. The van der Waals surface area contributed by atoms with E-state index in [1.54, 1.807) is 0 Å². The molecule has 1 fully saturated rings. The van der Waals surface area contributed by atoms with Crippen LogP contribution in [0.25, 0.3) is 6.08 Å². The van der Waals surface area contributed by atoms with Crippen molar-refractivity contribution >= 4 is 17.9 Å². The SMILES string of the molecule is O=C(NCC=Cc1ccccc1N1CCCCC1)OCc1ccccc1.